The van der Waals surface area contributed by atoms with Crippen molar-refractivity contribution in [2.24, 2.45) is 5.92 Å². The molecule has 0 amide bonds. The van der Waals surface area contributed by atoms with Crippen LogP contribution in [0.25, 0.3) is 11.1 Å². The molecule has 0 aromatic heterocycles. The van der Waals surface area contributed by atoms with Gasteiger partial charge in [0.1, 0.15) is 0 Å². The van der Waals surface area contributed by atoms with Gasteiger partial charge in [0.25, 0.3) is 0 Å². The normalized spacial score (nSPS) is 10.8. The summed E-state index contributed by atoms with van der Waals surface area (Å²) in [7, 11) is 16.4. The van der Waals surface area contributed by atoms with Crippen molar-refractivity contribution in [2.75, 3.05) is 76.0 Å². The van der Waals surface area contributed by atoms with E-state index in [1.54, 1.807) is 12.1 Å². The first-order valence-corrected chi connectivity index (χ1v) is 17.6. The zero-order chi connectivity index (χ0) is 36.7. The topological polar surface area (TPSA) is 30.0 Å². The maximum Gasteiger partial charge on any atom is 0.163 e. The van der Waals surface area contributed by atoms with E-state index in [2.05, 4.69) is 129 Å². The average molecular weight is 697 g/mol. The van der Waals surface area contributed by atoms with E-state index >= 15 is 0 Å². The summed E-state index contributed by atoms with van der Waals surface area (Å²) in [6.07, 6.45) is 4.82. The van der Waals surface area contributed by atoms with Gasteiger partial charge in [-0.1, -0.05) is 72.3 Å². The second-order valence-corrected chi connectivity index (χ2v) is 14.2. The Kier molecular flexibility index (Phi) is 12.1. The summed E-state index contributed by atoms with van der Waals surface area (Å²) in [6.45, 7) is 0. The van der Waals surface area contributed by atoms with Gasteiger partial charge >= 0.3 is 0 Å². The van der Waals surface area contributed by atoms with Crippen molar-refractivity contribution in [1.29, 1.82) is 0 Å². The van der Waals surface area contributed by atoms with Crippen molar-refractivity contribution in [3.8, 4) is 0 Å². The van der Waals surface area contributed by atoms with Crippen LogP contribution in [0.5, 0.6) is 0 Å². The Morgan fingerprint density at radius 2 is 0.706 bits per heavy atom. The molecule has 0 unspecified atom stereocenters. The molecular weight excluding hydrogens is 648 g/mol. The number of anilines is 4. The third kappa shape index (κ3) is 9.50. The molecule has 0 N–H and O–H groups in total. The average Bonchev–Trinajstić information content (AvgIpc) is 3.13. The number of nitrogens with zero attached hydrogens (tertiary/aromatic N) is 4. The largest absolute Gasteiger partial charge is 0.378 e. The van der Waals surface area contributed by atoms with E-state index in [-0.39, 0.29) is 18.1 Å². The maximum atomic E-state index is 14.0. The van der Waals surface area contributed by atoms with Gasteiger partial charge in [0.05, 0.1) is 0 Å². The molecule has 5 rings (SSSR count). The number of ketones is 1. The highest BCUT2D eigenvalue weighted by molar-refractivity contribution is 6.30. The van der Waals surface area contributed by atoms with E-state index in [1.165, 1.54) is 0 Å². The molecule has 262 valence electrons. The molecule has 0 aliphatic heterocycles. The van der Waals surface area contributed by atoms with Gasteiger partial charge in [-0.15, -0.1) is 0 Å². The van der Waals surface area contributed by atoms with Gasteiger partial charge in [-0.05, 0) is 106 Å². The fraction of sp³-hybridized carbons (Fsp3) is 0.222. The highest BCUT2D eigenvalue weighted by Crippen LogP contribution is 2.34. The first kappa shape index (κ1) is 37.0. The van der Waals surface area contributed by atoms with Crippen molar-refractivity contribution in [3.05, 3.63) is 166 Å². The summed E-state index contributed by atoms with van der Waals surface area (Å²) in [5.41, 5.74) is 11.6. The number of Topliss-reactive ketones (excluding diaryl/α,β-unsaturated/α-hetero) is 1. The van der Waals surface area contributed by atoms with Crippen LogP contribution >= 0.6 is 11.6 Å². The zero-order valence-corrected chi connectivity index (χ0v) is 31.8. The Morgan fingerprint density at radius 1 is 0.451 bits per heavy atom. The number of hydrogen-bond acceptors (Lipinski definition) is 5. The Labute approximate surface area is 309 Å². The molecule has 0 atom stereocenters. The van der Waals surface area contributed by atoms with E-state index in [0.29, 0.717) is 10.6 Å². The fourth-order valence-electron chi connectivity index (χ4n) is 6.04. The molecule has 0 saturated heterocycles. The lowest BCUT2D eigenvalue weighted by Gasteiger charge is -2.20. The minimum absolute atomic E-state index is 0.0553. The van der Waals surface area contributed by atoms with Crippen molar-refractivity contribution in [3.63, 3.8) is 0 Å². The fourth-order valence-corrected chi connectivity index (χ4v) is 6.16. The van der Waals surface area contributed by atoms with Crippen molar-refractivity contribution >= 4 is 51.3 Å². The van der Waals surface area contributed by atoms with Gasteiger partial charge in [-0.2, -0.15) is 0 Å². The summed E-state index contributed by atoms with van der Waals surface area (Å²) in [5.74, 6) is -0.193. The number of carbonyl (C=O) groups excluding carboxylic acids is 1. The zero-order valence-electron chi connectivity index (χ0n) is 31.1. The van der Waals surface area contributed by atoms with Gasteiger partial charge in [-0.25, -0.2) is 0 Å². The molecule has 51 heavy (non-hydrogen) atoms. The predicted molar refractivity (Wildman–Crippen MR) is 221 cm³/mol. The van der Waals surface area contributed by atoms with Crippen LogP contribution in [0, 0.1) is 5.92 Å². The third-order valence-electron chi connectivity index (χ3n) is 9.13. The van der Waals surface area contributed by atoms with Crippen molar-refractivity contribution in [1.82, 2.24) is 0 Å². The molecule has 0 aliphatic carbocycles. The minimum Gasteiger partial charge on any atom is -0.378 e. The molecule has 0 saturated carbocycles. The maximum absolute atomic E-state index is 14.0. The second-order valence-electron chi connectivity index (χ2n) is 13.7. The van der Waals surface area contributed by atoms with E-state index < -0.39 is 0 Å². The number of carbonyl (C=O) groups is 1. The van der Waals surface area contributed by atoms with E-state index in [9.17, 15) is 4.79 Å². The Morgan fingerprint density at radius 3 is 0.961 bits per heavy atom. The van der Waals surface area contributed by atoms with Gasteiger partial charge in [0.15, 0.2) is 5.78 Å². The van der Waals surface area contributed by atoms with Crippen LogP contribution in [0.3, 0.4) is 0 Å². The molecule has 0 bridgehead atoms. The third-order valence-corrected chi connectivity index (χ3v) is 9.38. The summed E-state index contributed by atoms with van der Waals surface area (Å²) >= 11 is 6.21. The highest BCUT2D eigenvalue weighted by atomic mass is 35.5. The van der Waals surface area contributed by atoms with Crippen LogP contribution in [0.4, 0.5) is 22.7 Å². The molecule has 5 aromatic carbocycles. The molecular formula is C45H49ClN4O. The quantitative estimate of drug-likeness (QED) is 0.114. The molecule has 5 nitrogen and oxygen atoms in total. The molecule has 0 heterocycles. The van der Waals surface area contributed by atoms with Crippen molar-refractivity contribution in [2.45, 2.75) is 6.42 Å². The summed E-state index contributed by atoms with van der Waals surface area (Å²) < 4.78 is 0. The lowest BCUT2D eigenvalue weighted by atomic mass is 9.87. The van der Waals surface area contributed by atoms with Gasteiger partial charge in [0, 0.05) is 102 Å². The lowest BCUT2D eigenvalue weighted by Crippen LogP contribution is -2.10. The number of hydrogen-bond donors (Lipinski definition) is 0. The lowest BCUT2D eigenvalue weighted by molar-refractivity contribution is 0.0975. The number of rotatable bonds is 13. The van der Waals surface area contributed by atoms with Crippen LogP contribution in [0.2, 0.25) is 5.02 Å². The SMILES string of the molecule is CN(C)c1ccc(C(=CC(C=C(c2ccc(N(C)C)cc2)c2ccc(N(C)C)cc2)CC(=O)c2ccc(Cl)cc2)c2ccc(N(C)C)cc2)cc1. The Hall–Kier alpha value is -5.26. The van der Waals surface area contributed by atoms with Crippen LogP contribution in [-0.2, 0) is 0 Å². The minimum atomic E-state index is -0.248. The standard InChI is InChI=1S/C45H49ClN4O/c1-47(2)39-21-11-33(12-22-39)43(34-13-23-40(24-14-34)48(3)4)29-32(31-45(51)37-9-19-38(46)20-10-37)30-44(35-15-25-41(26-16-35)49(5)6)36-17-27-42(28-18-36)50(7)8/h9-30,32H,31H2,1-8H3. The van der Waals surface area contributed by atoms with Gasteiger partial charge < -0.3 is 19.6 Å². The highest BCUT2D eigenvalue weighted by Gasteiger charge is 2.18. The molecule has 5 aromatic rings. The van der Waals surface area contributed by atoms with Crippen molar-refractivity contribution < 1.29 is 4.79 Å². The smallest absolute Gasteiger partial charge is 0.163 e. The molecule has 0 fully saturated rings. The van der Waals surface area contributed by atoms with Crippen LogP contribution < -0.4 is 19.6 Å². The number of halogens is 1. The van der Waals surface area contributed by atoms with Gasteiger partial charge in [-0.3, -0.25) is 4.79 Å². The predicted octanol–water partition coefficient (Wildman–Crippen LogP) is 10.1. The van der Waals surface area contributed by atoms with E-state index in [0.717, 1.165) is 56.1 Å². The summed E-state index contributed by atoms with van der Waals surface area (Å²) in [4.78, 5) is 22.4. The molecule has 0 radical (unpaired) electrons. The van der Waals surface area contributed by atoms with Crippen LogP contribution in [-0.4, -0.2) is 62.2 Å². The Balaban J connectivity index is 1.72. The molecule has 0 spiro atoms. The van der Waals surface area contributed by atoms with Crippen LogP contribution in [0.15, 0.2) is 133 Å². The Bertz CT molecular complexity index is 1730. The first-order valence-electron chi connectivity index (χ1n) is 17.2. The second kappa shape index (κ2) is 16.6. The number of allylic oxidation sites excluding steroid dienone is 2. The number of benzene rings is 5. The summed E-state index contributed by atoms with van der Waals surface area (Å²) in [6, 6.07) is 41.7. The summed E-state index contributed by atoms with van der Waals surface area (Å²) in [5, 5.41) is 0.608. The molecule has 6 heteroatoms. The molecule has 0 aliphatic rings. The van der Waals surface area contributed by atoms with E-state index in [4.69, 9.17) is 11.6 Å². The first-order chi connectivity index (χ1) is 24.4. The van der Waals surface area contributed by atoms with E-state index in [1.807, 2.05) is 68.5 Å². The van der Waals surface area contributed by atoms with Gasteiger partial charge in [0.2, 0.25) is 0 Å². The van der Waals surface area contributed by atoms with Crippen LogP contribution in [0.1, 0.15) is 39.0 Å². The monoisotopic (exact) mass is 696 g/mol.